The van der Waals surface area contributed by atoms with Crippen molar-refractivity contribution in [2.24, 2.45) is 0 Å². The smallest absolute Gasteiger partial charge is 0.305 e. The summed E-state index contributed by atoms with van der Waals surface area (Å²) in [6.07, 6.45) is 3.23. The van der Waals surface area contributed by atoms with Crippen LogP contribution in [0, 0.1) is 0 Å². The van der Waals surface area contributed by atoms with Gasteiger partial charge in [-0.15, -0.1) is 0 Å². The van der Waals surface area contributed by atoms with Crippen LogP contribution in [0.2, 0.25) is 0 Å². The second-order valence-electron chi connectivity index (χ2n) is 3.68. The standard InChI is InChI=1S/C13H18O3/c1-2-16-13(15)6-4-3-5-11-7-9-12(14)10-8-11/h7-10,14H,2-6H2,1H3. The number of aryl methyl sites for hydroxylation is 1. The van der Waals surface area contributed by atoms with Gasteiger partial charge in [-0.2, -0.15) is 0 Å². The molecule has 88 valence electrons. The van der Waals surface area contributed by atoms with E-state index in [0.717, 1.165) is 19.3 Å². The Morgan fingerprint density at radius 3 is 2.56 bits per heavy atom. The average molecular weight is 222 g/mol. The molecule has 0 aliphatic carbocycles. The summed E-state index contributed by atoms with van der Waals surface area (Å²) in [6, 6.07) is 7.17. The molecular weight excluding hydrogens is 204 g/mol. The van der Waals surface area contributed by atoms with E-state index in [1.54, 1.807) is 12.1 Å². The minimum absolute atomic E-state index is 0.117. The van der Waals surface area contributed by atoms with Crippen LogP contribution in [0.25, 0.3) is 0 Å². The van der Waals surface area contributed by atoms with Crippen LogP contribution in [0.5, 0.6) is 5.75 Å². The molecule has 1 rings (SSSR count). The quantitative estimate of drug-likeness (QED) is 0.594. The maximum atomic E-state index is 11.0. The number of phenolic OH excluding ortho intramolecular Hbond substituents is 1. The predicted molar refractivity (Wildman–Crippen MR) is 62.3 cm³/mol. The van der Waals surface area contributed by atoms with Gasteiger partial charge in [-0.05, 0) is 43.9 Å². The van der Waals surface area contributed by atoms with E-state index in [1.807, 2.05) is 19.1 Å². The van der Waals surface area contributed by atoms with Crippen molar-refractivity contribution in [3.8, 4) is 5.75 Å². The highest BCUT2D eigenvalue weighted by atomic mass is 16.5. The maximum absolute atomic E-state index is 11.0. The highest BCUT2D eigenvalue weighted by Gasteiger charge is 2.01. The lowest BCUT2D eigenvalue weighted by Gasteiger charge is -2.02. The zero-order valence-electron chi connectivity index (χ0n) is 9.61. The van der Waals surface area contributed by atoms with Crippen LogP contribution in [-0.2, 0) is 16.0 Å². The molecular formula is C13H18O3. The van der Waals surface area contributed by atoms with Gasteiger partial charge in [0.1, 0.15) is 5.75 Å². The van der Waals surface area contributed by atoms with Crippen LogP contribution >= 0.6 is 0 Å². The first-order chi connectivity index (χ1) is 7.72. The number of ether oxygens (including phenoxy) is 1. The number of carbonyl (C=O) groups excluding carboxylic acids is 1. The SMILES string of the molecule is CCOC(=O)CCCCc1ccc(O)cc1. The van der Waals surface area contributed by atoms with E-state index >= 15 is 0 Å². The Hall–Kier alpha value is -1.51. The number of benzene rings is 1. The first-order valence-electron chi connectivity index (χ1n) is 5.66. The Morgan fingerprint density at radius 1 is 1.25 bits per heavy atom. The lowest BCUT2D eigenvalue weighted by molar-refractivity contribution is -0.143. The lowest BCUT2D eigenvalue weighted by atomic mass is 10.1. The normalized spacial score (nSPS) is 10.1. The molecule has 0 heterocycles. The van der Waals surface area contributed by atoms with Crippen molar-refractivity contribution in [1.82, 2.24) is 0 Å². The zero-order chi connectivity index (χ0) is 11.8. The molecule has 0 unspecified atom stereocenters. The van der Waals surface area contributed by atoms with Gasteiger partial charge < -0.3 is 9.84 Å². The topological polar surface area (TPSA) is 46.5 Å². The molecule has 0 spiro atoms. The molecule has 0 aromatic heterocycles. The van der Waals surface area contributed by atoms with Crippen molar-refractivity contribution in [1.29, 1.82) is 0 Å². The third kappa shape index (κ3) is 4.82. The van der Waals surface area contributed by atoms with Crippen LogP contribution in [0.4, 0.5) is 0 Å². The molecule has 0 atom stereocenters. The molecule has 16 heavy (non-hydrogen) atoms. The summed E-state index contributed by atoms with van der Waals surface area (Å²) >= 11 is 0. The van der Waals surface area contributed by atoms with Gasteiger partial charge in [0, 0.05) is 6.42 Å². The van der Waals surface area contributed by atoms with E-state index in [0.29, 0.717) is 13.0 Å². The molecule has 0 amide bonds. The molecule has 3 heteroatoms. The molecule has 3 nitrogen and oxygen atoms in total. The van der Waals surface area contributed by atoms with Crippen molar-refractivity contribution in [3.05, 3.63) is 29.8 Å². The fraction of sp³-hybridized carbons (Fsp3) is 0.462. The van der Waals surface area contributed by atoms with E-state index in [4.69, 9.17) is 9.84 Å². The van der Waals surface area contributed by atoms with E-state index < -0.39 is 0 Å². The van der Waals surface area contributed by atoms with E-state index in [1.165, 1.54) is 5.56 Å². The first-order valence-corrected chi connectivity index (χ1v) is 5.66. The Balaban J connectivity index is 2.16. The number of carbonyl (C=O) groups is 1. The summed E-state index contributed by atoms with van der Waals surface area (Å²) in [5, 5.41) is 9.10. The molecule has 1 aromatic rings. The second kappa shape index (κ2) is 6.88. The van der Waals surface area contributed by atoms with Crippen LogP contribution in [0.1, 0.15) is 31.7 Å². The summed E-state index contributed by atoms with van der Waals surface area (Å²) < 4.78 is 4.84. The van der Waals surface area contributed by atoms with Gasteiger partial charge in [0.2, 0.25) is 0 Å². The average Bonchev–Trinajstić information content (AvgIpc) is 2.27. The fourth-order valence-corrected chi connectivity index (χ4v) is 1.49. The molecule has 0 fully saturated rings. The van der Waals surface area contributed by atoms with Gasteiger partial charge in [-0.25, -0.2) is 0 Å². The molecule has 1 aromatic carbocycles. The summed E-state index contributed by atoms with van der Waals surface area (Å²) in [6.45, 7) is 2.27. The van der Waals surface area contributed by atoms with Crippen molar-refractivity contribution >= 4 is 5.97 Å². The van der Waals surface area contributed by atoms with Gasteiger partial charge >= 0.3 is 5.97 Å². The highest BCUT2D eigenvalue weighted by molar-refractivity contribution is 5.69. The Bertz CT molecular complexity index is 316. The summed E-state index contributed by atoms with van der Waals surface area (Å²) in [5.41, 5.74) is 1.18. The fourth-order valence-electron chi connectivity index (χ4n) is 1.49. The van der Waals surface area contributed by atoms with Crippen molar-refractivity contribution in [3.63, 3.8) is 0 Å². The monoisotopic (exact) mass is 222 g/mol. The number of rotatable bonds is 6. The molecule has 0 radical (unpaired) electrons. The lowest BCUT2D eigenvalue weighted by Crippen LogP contribution is -2.03. The minimum Gasteiger partial charge on any atom is -0.508 e. The molecule has 0 saturated heterocycles. The van der Waals surface area contributed by atoms with Crippen LogP contribution in [0.15, 0.2) is 24.3 Å². The number of hydrogen-bond donors (Lipinski definition) is 1. The Labute approximate surface area is 96.1 Å². The van der Waals surface area contributed by atoms with Crippen molar-refractivity contribution in [2.45, 2.75) is 32.6 Å². The number of phenols is 1. The Kier molecular flexibility index (Phi) is 5.40. The number of esters is 1. The molecule has 0 aliphatic rings. The van der Waals surface area contributed by atoms with Gasteiger partial charge in [0.25, 0.3) is 0 Å². The molecule has 0 aliphatic heterocycles. The van der Waals surface area contributed by atoms with Crippen LogP contribution in [-0.4, -0.2) is 17.7 Å². The highest BCUT2D eigenvalue weighted by Crippen LogP contribution is 2.12. The molecule has 0 bridgehead atoms. The summed E-state index contributed by atoms with van der Waals surface area (Å²) in [5.74, 6) is 0.170. The maximum Gasteiger partial charge on any atom is 0.305 e. The number of aromatic hydroxyl groups is 1. The third-order valence-electron chi connectivity index (χ3n) is 2.34. The minimum atomic E-state index is -0.117. The number of hydrogen-bond acceptors (Lipinski definition) is 3. The van der Waals surface area contributed by atoms with Crippen LogP contribution in [0.3, 0.4) is 0 Å². The largest absolute Gasteiger partial charge is 0.508 e. The Morgan fingerprint density at radius 2 is 1.94 bits per heavy atom. The predicted octanol–water partition coefficient (Wildman–Crippen LogP) is 2.67. The van der Waals surface area contributed by atoms with E-state index in [2.05, 4.69) is 0 Å². The molecule has 0 saturated carbocycles. The zero-order valence-corrected chi connectivity index (χ0v) is 9.61. The first kappa shape index (κ1) is 12.6. The van der Waals surface area contributed by atoms with Crippen molar-refractivity contribution in [2.75, 3.05) is 6.61 Å². The van der Waals surface area contributed by atoms with E-state index in [9.17, 15) is 4.79 Å². The van der Waals surface area contributed by atoms with Gasteiger partial charge in [0.05, 0.1) is 6.61 Å². The third-order valence-corrected chi connectivity index (χ3v) is 2.34. The molecule has 1 N–H and O–H groups in total. The summed E-state index contributed by atoms with van der Waals surface area (Å²) in [4.78, 5) is 11.0. The van der Waals surface area contributed by atoms with Gasteiger partial charge in [-0.3, -0.25) is 4.79 Å². The van der Waals surface area contributed by atoms with Crippen molar-refractivity contribution < 1.29 is 14.6 Å². The van der Waals surface area contributed by atoms with E-state index in [-0.39, 0.29) is 11.7 Å². The number of unbranched alkanes of at least 4 members (excludes halogenated alkanes) is 1. The van der Waals surface area contributed by atoms with Gasteiger partial charge in [0.15, 0.2) is 0 Å². The second-order valence-corrected chi connectivity index (χ2v) is 3.68. The van der Waals surface area contributed by atoms with Crippen LogP contribution < -0.4 is 0 Å². The van der Waals surface area contributed by atoms with Gasteiger partial charge in [-0.1, -0.05) is 12.1 Å². The summed E-state index contributed by atoms with van der Waals surface area (Å²) in [7, 11) is 0.